The van der Waals surface area contributed by atoms with Crippen LogP contribution in [-0.4, -0.2) is 27.5 Å². The number of hydrogen-bond acceptors (Lipinski definition) is 5. The number of pyridine rings is 1. The maximum atomic E-state index is 12.7. The molecule has 3 aromatic heterocycles. The van der Waals surface area contributed by atoms with E-state index in [2.05, 4.69) is 26.8 Å². The maximum Gasteiger partial charge on any atom is 0.262 e. The molecule has 1 aliphatic rings. The van der Waals surface area contributed by atoms with Gasteiger partial charge in [-0.05, 0) is 54.6 Å². The molecule has 0 bridgehead atoms. The fourth-order valence-corrected chi connectivity index (χ4v) is 3.91. The van der Waals surface area contributed by atoms with Crippen LogP contribution in [0.4, 0.5) is 5.95 Å². The van der Waals surface area contributed by atoms with Crippen LogP contribution in [0.1, 0.15) is 26.2 Å². The summed E-state index contributed by atoms with van der Waals surface area (Å²) in [5.41, 5.74) is 2.33. The predicted molar refractivity (Wildman–Crippen MR) is 94.1 cm³/mol. The lowest BCUT2D eigenvalue weighted by atomic mass is 10.0. The molecular formula is C17H18N4OS. The zero-order chi connectivity index (χ0) is 15.8. The van der Waals surface area contributed by atoms with Gasteiger partial charge in [-0.2, -0.15) is 16.3 Å². The summed E-state index contributed by atoms with van der Waals surface area (Å²) in [7, 11) is 0. The normalized spacial score (nSPS) is 18.5. The minimum Gasteiger partial charge on any atom is -0.340 e. The van der Waals surface area contributed by atoms with Crippen LogP contribution >= 0.6 is 11.3 Å². The second kappa shape index (κ2) is 5.77. The van der Waals surface area contributed by atoms with E-state index in [1.54, 1.807) is 17.5 Å². The Morgan fingerprint density at radius 3 is 3.04 bits per heavy atom. The van der Waals surface area contributed by atoms with E-state index in [0.717, 1.165) is 30.5 Å². The first-order valence-electron chi connectivity index (χ1n) is 7.92. The standard InChI is InChI=1S/C17H18N4OS/c1-11-4-2-3-8-21(11)17-19-15-14(16(22)20-17)13(5-7-18-15)12-6-9-23-10-12/h5-7,9-11H,2-4,8H2,1H3,(H,18,19,20,22). The highest BCUT2D eigenvalue weighted by atomic mass is 32.1. The molecule has 1 saturated heterocycles. The lowest BCUT2D eigenvalue weighted by Gasteiger charge is -2.33. The second-order valence-electron chi connectivity index (χ2n) is 6.00. The summed E-state index contributed by atoms with van der Waals surface area (Å²) in [5, 5.41) is 4.61. The van der Waals surface area contributed by atoms with Crippen molar-refractivity contribution in [1.29, 1.82) is 0 Å². The van der Waals surface area contributed by atoms with Gasteiger partial charge < -0.3 is 4.90 Å². The quantitative estimate of drug-likeness (QED) is 0.784. The van der Waals surface area contributed by atoms with Gasteiger partial charge in [-0.15, -0.1) is 0 Å². The highest BCUT2D eigenvalue weighted by Gasteiger charge is 2.22. The first-order chi connectivity index (χ1) is 11.2. The number of thiophene rings is 1. The number of aromatic amines is 1. The molecule has 0 spiro atoms. The summed E-state index contributed by atoms with van der Waals surface area (Å²) in [5.74, 6) is 0.643. The van der Waals surface area contributed by atoms with Crippen molar-refractivity contribution >= 4 is 28.3 Å². The van der Waals surface area contributed by atoms with Crippen LogP contribution in [0.3, 0.4) is 0 Å². The Morgan fingerprint density at radius 1 is 1.35 bits per heavy atom. The van der Waals surface area contributed by atoms with E-state index in [4.69, 9.17) is 0 Å². The van der Waals surface area contributed by atoms with Crippen molar-refractivity contribution in [1.82, 2.24) is 15.0 Å². The largest absolute Gasteiger partial charge is 0.340 e. The van der Waals surface area contributed by atoms with Gasteiger partial charge >= 0.3 is 0 Å². The third-order valence-corrected chi connectivity index (χ3v) is 5.19. The zero-order valence-corrected chi connectivity index (χ0v) is 13.8. The van der Waals surface area contributed by atoms with Crippen LogP contribution in [0, 0.1) is 0 Å². The van der Waals surface area contributed by atoms with Crippen molar-refractivity contribution in [3.8, 4) is 11.1 Å². The van der Waals surface area contributed by atoms with Gasteiger partial charge in [0.25, 0.3) is 5.56 Å². The summed E-state index contributed by atoms with van der Waals surface area (Å²) < 4.78 is 0. The van der Waals surface area contributed by atoms with Gasteiger partial charge in [0.15, 0.2) is 5.65 Å². The fourth-order valence-electron chi connectivity index (χ4n) is 3.26. The van der Waals surface area contributed by atoms with E-state index < -0.39 is 0 Å². The van der Waals surface area contributed by atoms with E-state index in [-0.39, 0.29) is 5.56 Å². The van der Waals surface area contributed by atoms with Crippen molar-refractivity contribution in [3.63, 3.8) is 0 Å². The lowest BCUT2D eigenvalue weighted by molar-refractivity contribution is 0.477. The first kappa shape index (κ1) is 14.4. The van der Waals surface area contributed by atoms with Crippen LogP contribution in [0.2, 0.25) is 0 Å². The Morgan fingerprint density at radius 2 is 2.26 bits per heavy atom. The van der Waals surface area contributed by atoms with Gasteiger partial charge in [0, 0.05) is 24.3 Å². The Bertz CT molecular complexity index is 887. The summed E-state index contributed by atoms with van der Waals surface area (Å²) in [4.78, 5) is 26.8. The molecule has 1 unspecified atom stereocenters. The van der Waals surface area contributed by atoms with Crippen molar-refractivity contribution in [2.45, 2.75) is 32.2 Å². The Kier molecular flexibility index (Phi) is 3.61. The topological polar surface area (TPSA) is 61.9 Å². The summed E-state index contributed by atoms with van der Waals surface area (Å²) >= 11 is 1.61. The van der Waals surface area contributed by atoms with Crippen LogP contribution in [0.5, 0.6) is 0 Å². The highest BCUT2D eigenvalue weighted by molar-refractivity contribution is 7.08. The first-order valence-corrected chi connectivity index (χ1v) is 8.86. The second-order valence-corrected chi connectivity index (χ2v) is 6.78. The molecule has 0 aromatic carbocycles. The minimum atomic E-state index is -0.114. The molecule has 1 aliphatic heterocycles. The molecule has 0 aliphatic carbocycles. The summed E-state index contributed by atoms with van der Waals surface area (Å²) in [6, 6.07) is 4.29. The molecule has 3 aromatic rings. The van der Waals surface area contributed by atoms with Crippen molar-refractivity contribution < 1.29 is 0 Å². The Labute approximate surface area is 138 Å². The monoisotopic (exact) mass is 326 g/mol. The Hall–Kier alpha value is -2.21. The van der Waals surface area contributed by atoms with Gasteiger partial charge in [-0.3, -0.25) is 9.78 Å². The molecule has 23 heavy (non-hydrogen) atoms. The van der Waals surface area contributed by atoms with Gasteiger partial charge in [0.05, 0.1) is 5.39 Å². The molecule has 1 atom stereocenters. The molecule has 5 nitrogen and oxygen atoms in total. The molecule has 0 radical (unpaired) electrons. The molecule has 0 amide bonds. The van der Waals surface area contributed by atoms with E-state index in [1.807, 2.05) is 22.9 Å². The molecule has 1 fully saturated rings. The van der Waals surface area contributed by atoms with Crippen LogP contribution in [-0.2, 0) is 0 Å². The average Bonchev–Trinajstić information content (AvgIpc) is 3.09. The number of piperidine rings is 1. The number of nitrogens with zero attached hydrogens (tertiary/aromatic N) is 3. The number of anilines is 1. The van der Waals surface area contributed by atoms with Crippen LogP contribution < -0.4 is 10.5 Å². The predicted octanol–water partition coefficient (Wildman–Crippen LogP) is 3.43. The SMILES string of the molecule is CC1CCCCN1c1nc2nccc(-c3ccsc3)c2c(=O)[nH]1. The van der Waals surface area contributed by atoms with Gasteiger partial charge in [-0.1, -0.05) is 0 Å². The third kappa shape index (κ3) is 2.53. The lowest BCUT2D eigenvalue weighted by Crippen LogP contribution is -2.39. The van der Waals surface area contributed by atoms with Crippen molar-refractivity contribution in [2.24, 2.45) is 0 Å². The van der Waals surface area contributed by atoms with Crippen LogP contribution in [0.15, 0.2) is 33.9 Å². The number of rotatable bonds is 2. The van der Waals surface area contributed by atoms with Crippen molar-refractivity contribution in [3.05, 3.63) is 39.4 Å². The van der Waals surface area contributed by atoms with E-state index in [0.29, 0.717) is 23.0 Å². The molecular weight excluding hydrogens is 308 g/mol. The highest BCUT2D eigenvalue weighted by Crippen LogP contribution is 2.27. The third-order valence-electron chi connectivity index (χ3n) is 4.50. The zero-order valence-electron chi connectivity index (χ0n) is 13.0. The van der Waals surface area contributed by atoms with Gasteiger partial charge in [0.1, 0.15) is 0 Å². The summed E-state index contributed by atoms with van der Waals surface area (Å²) in [6.45, 7) is 3.11. The van der Waals surface area contributed by atoms with E-state index >= 15 is 0 Å². The van der Waals surface area contributed by atoms with Gasteiger partial charge in [-0.25, -0.2) is 4.98 Å². The Balaban J connectivity index is 1.88. The minimum absolute atomic E-state index is 0.114. The molecule has 4 heterocycles. The molecule has 4 rings (SSSR count). The number of nitrogens with one attached hydrogen (secondary N) is 1. The number of aromatic nitrogens is 3. The van der Waals surface area contributed by atoms with Gasteiger partial charge in [0.2, 0.25) is 5.95 Å². The maximum absolute atomic E-state index is 12.7. The number of H-pyrrole nitrogens is 1. The average molecular weight is 326 g/mol. The van der Waals surface area contributed by atoms with Crippen LogP contribution in [0.25, 0.3) is 22.2 Å². The number of fused-ring (bicyclic) bond motifs is 1. The van der Waals surface area contributed by atoms with Crippen molar-refractivity contribution in [2.75, 3.05) is 11.4 Å². The smallest absolute Gasteiger partial charge is 0.262 e. The molecule has 6 heteroatoms. The molecule has 0 saturated carbocycles. The fraction of sp³-hybridized carbons (Fsp3) is 0.353. The molecule has 1 N–H and O–H groups in total. The molecule has 118 valence electrons. The summed E-state index contributed by atoms with van der Waals surface area (Å²) in [6.07, 6.45) is 5.22. The van der Waals surface area contributed by atoms with E-state index in [1.165, 1.54) is 6.42 Å². The number of hydrogen-bond donors (Lipinski definition) is 1. The van der Waals surface area contributed by atoms with E-state index in [9.17, 15) is 4.79 Å².